The third-order valence-electron chi connectivity index (χ3n) is 7.76. The molecule has 38 heavy (non-hydrogen) atoms. The zero-order chi connectivity index (χ0) is 27.1. The van der Waals surface area contributed by atoms with E-state index in [1.807, 2.05) is 55.0 Å². The summed E-state index contributed by atoms with van der Waals surface area (Å²) in [6.45, 7) is 9.89. The van der Waals surface area contributed by atoms with Crippen molar-refractivity contribution in [3.05, 3.63) is 59.7 Å². The monoisotopic (exact) mass is 521 g/mol. The average molecular weight is 522 g/mol. The van der Waals surface area contributed by atoms with Crippen molar-refractivity contribution in [2.75, 3.05) is 39.8 Å². The predicted octanol–water partition coefficient (Wildman–Crippen LogP) is 4.99. The maximum Gasteiger partial charge on any atom is 0.253 e. The quantitative estimate of drug-likeness (QED) is 0.567. The molecule has 2 bridgehead atoms. The molecular formula is C31H43N3O4. The number of carbonyl (C=O) groups excluding carboxylic acids is 2. The zero-order valence-electron chi connectivity index (χ0n) is 23.4. The molecule has 1 atom stereocenters. The van der Waals surface area contributed by atoms with E-state index in [2.05, 4.69) is 29.2 Å². The molecule has 2 aromatic rings. The predicted molar refractivity (Wildman–Crippen MR) is 150 cm³/mol. The highest BCUT2D eigenvalue weighted by Gasteiger charge is 2.42. The minimum absolute atomic E-state index is 0.0112. The first-order valence-corrected chi connectivity index (χ1v) is 14.0. The fourth-order valence-electron chi connectivity index (χ4n) is 5.86. The molecule has 206 valence electrons. The smallest absolute Gasteiger partial charge is 0.253 e. The van der Waals surface area contributed by atoms with Gasteiger partial charge in [-0.05, 0) is 88.4 Å². The lowest BCUT2D eigenvalue weighted by Gasteiger charge is -2.42. The van der Waals surface area contributed by atoms with Gasteiger partial charge in [-0.3, -0.25) is 14.5 Å². The molecule has 2 aromatic carbocycles. The molecule has 0 saturated carbocycles. The maximum atomic E-state index is 13.5. The van der Waals surface area contributed by atoms with Crippen LogP contribution in [0.1, 0.15) is 68.8 Å². The van der Waals surface area contributed by atoms with Crippen molar-refractivity contribution in [3.8, 4) is 11.5 Å². The molecule has 0 aliphatic carbocycles. The van der Waals surface area contributed by atoms with Crippen LogP contribution in [0.3, 0.4) is 0 Å². The van der Waals surface area contributed by atoms with Crippen molar-refractivity contribution < 1.29 is 19.1 Å². The van der Waals surface area contributed by atoms with E-state index >= 15 is 0 Å². The average Bonchev–Trinajstić information content (AvgIpc) is 3.26. The lowest BCUT2D eigenvalue weighted by Crippen LogP contribution is -2.52. The van der Waals surface area contributed by atoms with Crippen LogP contribution in [0.25, 0.3) is 0 Å². The number of likely N-dealkylation sites (tertiary alicyclic amines) is 1. The molecule has 1 saturated heterocycles. The minimum Gasteiger partial charge on any atom is -0.492 e. The molecule has 7 nitrogen and oxygen atoms in total. The van der Waals surface area contributed by atoms with Crippen LogP contribution in [0.2, 0.25) is 0 Å². The molecule has 1 spiro atoms. The fourth-order valence-corrected chi connectivity index (χ4v) is 5.86. The van der Waals surface area contributed by atoms with Crippen LogP contribution in [0, 0.1) is 0 Å². The number of carbonyl (C=O) groups is 2. The number of benzene rings is 2. The molecular weight excluding hydrogens is 478 g/mol. The van der Waals surface area contributed by atoms with Crippen LogP contribution in [-0.4, -0.2) is 78.0 Å². The molecule has 2 aliphatic heterocycles. The summed E-state index contributed by atoms with van der Waals surface area (Å²) in [4.78, 5) is 32.1. The van der Waals surface area contributed by atoms with E-state index in [1.165, 1.54) is 5.56 Å². The van der Waals surface area contributed by atoms with Gasteiger partial charge >= 0.3 is 0 Å². The molecule has 2 heterocycles. The van der Waals surface area contributed by atoms with Crippen molar-refractivity contribution in [1.29, 1.82) is 0 Å². The number of likely N-dealkylation sites (N-methyl/N-ethyl adjacent to an activating group) is 1. The highest BCUT2D eigenvalue weighted by atomic mass is 16.5. The van der Waals surface area contributed by atoms with Crippen LogP contribution < -0.4 is 9.47 Å². The highest BCUT2D eigenvalue weighted by molar-refractivity contribution is 5.94. The Kier molecular flexibility index (Phi) is 9.31. The first-order valence-electron chi connectivity index (χ1n) is 14.0. The van der Waals surface area contributed by atoms with Crippen molar-refractivity contribution in [2.24, 2.45) is 0 Å². The standard InChI is InChI=1S/C31H43N3O4/c1-24(2)38-28-13-11-26(12-14-28)22-34-18-8-16-31(34)15-5-6-17-33(25(3)35)19-20-37-29-10-7-9-27(21-29)30(36)32(4)23-31/h7,9-14,21,24H,5-6,8,15-20,22-23H2,1-4H3/t31-/m1/s1. The van der Waals surface area contributed by atoms with E-state index < -0.39 is 0 Å². The van der Waals surface area contributed by atoms with Gasteiger partial charge in [-0.1, -0.05) is 18.2 Å². The van der Waals surface area contributed by atoms with Crippen molar-refractivity contribution >= 4 is 11.8 Å². The Morgan fingerprint density at radius 1 is 1.03 bits per heavy atom. The van der Waals surface area contributed by atoms with Crippen molar-refractivity contribution in [1.82, 2.24) is 14.7 Å². The normalized spacial score (nSPS) is 21.8. The van der Waals surface area contributed by atoms with Crippen LogP contribution >= 0.6 is 0 Å². The molecule has 0 radical (unpaired) electrons. The van der Waals surface area contributed by atoms with Crippen molar-refractivity contribution in [2.45, 2.75) is 71.1 Å². The third-order valence-corrected chi connectivity index (χ3v) is 7.76. The summed E-state index contributed by atoms with van der Waals surface area (Å²) in [6, 6.07) is 15.8. The summed E-state index contributed by atoms with van der Waals surface area (Å²) in [7, 11) is 1.92. The zero-order valence-corrected chi connectivity index (χ0v) is 23.4. The minimum atomic E-state index is -0.104. The van der Waals surface area contributed by atoms with Gasteiger partial charge in [0.2, 0.25) is 5.91 Å². The number of hydrogen-bond acceptors (Lipinski definition) is 5. The Hall–Kier alpha value is -3.06. The lowest BCUT2D eigenvalue weighted by atomic mass is 9.88. The first kappa shape index (κ1) is 28.0. The van der Waals surface area contributed by atoms with Crippen LogP contribution in [-0.2, 0) is 11.3 Å². The van der Waals surface area contributed by atoms with E-state index in [9.17, 15) is 9.59 Å². The van der Waals surface area contributed by atoms with Gasteiger partial charge in [0.1, 0.15) is 18.1 Å². The maximum absolute atomic E-state index is 13.5. The Bertz CT molecular complexity index is 1090. The van der Waals surface area contributed by atoms with Gasteiger partial charge in [0.05, 0.1) is 12.6 Å². The third kappa shape index (κ3) is 7.07. The lowest BCUT2D eigenvalue weighted by molar-refractivity contribution is -0.129. The number of nitrogens with zero attached hydrogens (tertiary/aromatic N) is 3. The number of ether oxygens (including phenoxy) is 2. The van der Waals surface area contributed by atoms with Crippen LogP contribution in [0.5, 0.6) is 11.5 Å². The summed E-state index contributed by atoms with van der Waals surface area (Å²) in [6.07, 6.45) is 5.23. The number of hydrogen-bond donors (Lipinski definition) is 0. The Morgan fingerprint density at radius 3 is 2.53 bits per heavy atom. The second-order valence-electron chi connectivity index (χ2n) is 11.1. The molecule has 7 heteroatoms. The van der Waals surface area contributed by atoms with E-state index in [1.54, 1.807) is 6.92 Å². The first-order chi connectivity index (χ1) is 18.3. The molecule has 0 aromatic heterocycles. The Balaban J connectivity index is 1.57. The topological polar surface area (TPSA) is 62.3 Å². The molecule has 2 aliphatic rings. The van der Waals surface area contributed by atoms with Crippen molar-refractivity contribution in [3.63, 3.8) is 0 Å². The Morgan fingerprint density at radius 2 is 1.79 bits per heavy atom. The van der Waals surface area contributed by atoms with E-state index in [-0.39, 0.29) is 23.5 Å². The van der Waals surface area contributed by atoms with E-state index in [4.69, 9.17) is 9.47 Å². The van der Waals surface area contributed by atoms with Gasteiger partial charge in [-0.2, -0.15) is 0 Å². The largest absolute Gasteiger partial charge is 0.492 e. The molecule has 0 N–H and O–H groups in total. The number of fused-ring (bicyclic) bond motifs is 2. The van der Waals surface area contributed by atoms with Crippen LogP contribution in [0.15, 0.2) is 48.5 Å². The second-order valence-corrected chi connectivity index (χ2v) is 11.1. The summed E-state index contributed by atoms with van der Waals surface area (Å²) in [5.74, 6) is 1.63. The highest BCUT2D eigenvalue weighted by Crippen LogP contribution is 2.37. The molecule has 2 amide bonds. The van der Waals surface area contributed by atoms with Gasteiger partial charge in [-0.15, -0.1) is 0 Å². The van der Waals surface area contributed by atoms with Crippen LogP contribution in [0.4, 0.5) is 0 Å². The number of rotatable bonds is 4. The number of amides is 2. The van der Waals surface area contributed by atoms with E-state index in [0.717, 1.165) is 57.5 Å². The molecule has 0 unspecified atom stereocenters. The van der Waals surface area contributed by atoms with Gasteiger partial charge in [0, 0.05) is 44.7 Å². The summed E-state index contributed by atoms with van der Waals surface area (Å²) >= 11 is 0. The summed E-state index contributed by atoms with van der Waals surface area (Å²) in [5, 5.41) is 0. The molecule has 4 rings (SSSR count). The fraction of sp³-hybridized carbons (Fsp3) is 0.548. The summed E-state index contributed by atoms with van der Waals surface area (Å²) < 4.78 is 11.7. The van der Waals surface area contributed by atoms with Gasteiger partial charge < -0.3 is 19.3 Å². The van der Waals surface area contributed by atoms with Gasteiger partial charge in [-0.25, -0.2) is 0 Å². The molecule has 1 fully saturated rings. The van der Waals surface area contributed by atoms with E-state index in [0.29, 0.717) is 31.0 Å². The van der Waals surface area contributed by atoms with Gasteiger partial charge in [0.25, 0.3) is 5.91 Å². The van der Waals surface area contributed by atoms with Gasteiger partial charge in [0.15, 0.2) is 0 Å². The second kappa shape index (κ2) is 12.7. The Labute approximate surface area is 227 Å². The SMILES string of the molecule is CC(=O)N1CCCC[C@@]2(CCCN2Cc2ccc(OC(C)C)cc2)CN(C)C(=O)c2cccc(c2)OCC1. The summed E-state index contributed by atoms with van der Waals surface area (Å²) in [5.41, 5.74) is 1.77.